The number of pyridine rings is 1. The monoisotopic (exact) mass is 606 g/mol. The van der Waals surface area contributed by atoms with Gasteiger partial charge in [0.2, 0.25) is 11.9 Å². The summed E-state index contributed by atoms with van der Waals surface area (Å²) in [6.45, 7) is 10.2. The van der Waals surface area contributed by atoms with Gasteiger partial charge in [-0.05, 0) is 49.6 Å². The highest BCUT2D eigenvalue weighted by Crippen LogP contribution is 2.24. The van der Waals surface area contributed by atoms with Crippen LogP contribution in [0.1, 0.15) is 33.1 Å². The van der Waals surface area contributed by atoms with E-state index in [2.05, 4.69) is 30.2 Å². The summed E-state index contributed by atoms with van der Waals surface area (Å²) in [6, 6.07) is 11.8. The van der Waals surface area contributed by atoms with Crippen LogP contribution in [0.15, 0.2) is 42.6 Å². The van der Waals surface area contributed by atoms with Gasteiger partial charge in [-0.2, -0.15) is 9.67 Å². The second-order valence-corrected chi connectivity index (χ2v) is 10.8. The molecule has 2 aromatic heterocycles. The molecule has 44 heavy (non-hydrogen) atoms. The molecule has 2 amide bonds. The van der Waals surface area contributed by atoms with Crippen molar-refractivity contribution >= 4 is 41.3 Å². The van der Waals surface area contributed by atoms with Crippen LogP contribution < -0.4 is 20.9 Å². The minimum atomic E-state index is -0.260. The van der Waals surface area contributed by atoms with E-state index < -0.39 is 0 Å². The number of rotatable bonds is 9. The highest BCUT2D eigenvalue weighted by atomic mass is 16.6. The van der Waals surface area contributed by atoms with E-state index in [9.17, 15) is 9.59 Å². The number of piperazine rings is 1. The third kappa shape index (κ3) is 7.60. The molecular weight excluding hydrogens is 564 g/mol. The van der Waals surface area contributed by atoms with Crippen molar-refractivity contribution in [2.75, 3.05) is 86.4 Å². The van der Waals surface area contributed by atoms with Gasteiger partial charge in [0.05, 0.1) is 18.9 Å². The lowest BCUT2D eigenvalue weighted by molar-refractivity contribution is 0.100. The molecule has 2 aliphatic heterocycles. The summed E-state index contributed by atoms with van der Waals surface area (Å²) in [6.07, 6.45) is 3.66. The second kappa shape index (κ2) is 14.6. The Balaban J connectivity index is 1.18. The standard InChI is InChI=1S/C30H42N10O4/c1-3-20-43-29(41)38-13-5-12-37(16-19-38)26-22-25(10-11-32-26)40-27(31)34-28(35-40)33-23-6-8-24(9-7-23)36-14-17-39(18-15-36)30(42)44-21-4-2/h6-11,22H,3-5,12-21H2,1-2H3,(H3,31,33,34,35). The molecule has 0 saturated carbocycles. The average molecular weight is 607 g/mol. The SMILES string of the molecule is CCCOC(=O)N1CCN(c2ccc(Nc3nc(N)n(-c4ccnc(N5CCCN(C(=O)OCCC)CC5)c4)n3)cc2)CC1. The fourth-order valence-electron chi connectivity index (χ4n) is 5.20. The zero-order valence-electron chi connectivity index (χ0n) is 25.5. The number of carbonyl (C=O) groups is 2. The average Bonchev–Trinajstić information content (AvgIpc) is 3.24. The third-order valence-corrected chi connectivity index (χ3v) is 7.57. The molecule has 3 aromatic rings. The number of amides is 2. The molecule has 236 valence electrons. The van der Waals surface area contributed by atoms with Crippen molar-refractivity contribution in [1.29, 1.82) is 0 Å². The van der Waals surface area contributed by atoms with E-state index in [-0.39, 0.29) is 18.1 Å². The van der Waals surface area contributed by atoms with Gasteiger partial charge in [0, 0.05) is 76.0 Å². The quantitative estimate of drug-likeness (QED) is 0.367. The molecule has 0 spiro atoms. The van der Waals surface area contributed by atoms with E-state index in [1.54, 1.807) is 20.7 Å². The Kier molecular flexibility index (Phi) is 10.2. The maximum Gasteiger partial charge on any atom is 0.409 e. The van der Waals surface area contributed by atoms with E-state index >= 15 is 0 Å². The predicted molar refractivity (Wildman–Crippen MR) is 169 cm³/mol. The van der Waals surface area contributed by atoms with E-state index in [0.717, 1.165) is 61.8 Å². The number of nitrogens with zero attached hydrogens (tertiary/aromatic N) is 8. The maximum atomic E-state index is 12.3. The smallest absolute Gasteiger partial charge is 0.409 e. The van der Waals surface area contributed by atoms with Crippen LogP contribution in [0.4, 0.5) is 38.7 Å². The lowest BCUT2D eigenvalue weighted by Gasteiger charge is -2.35. The Hall–Kier alpha value is -4.75. The molecule has 0 atom stereocenters. The van der Waals surface area contributed by atoms with Crippen LogP contribution in [-0.4, -0.2) is 107 Å². The van der Waals surface area contributed by atoms with Gasteiger partial charge < -0.3 is 40.1 Å². The van der Waals surface area contributed by atoms with E-state index in [0.29, 0.717) is 51.9 Å². The second-order valence-electron chi connectivity index (χ2n) is 10.8. The van der Waals surface area contributed by atoms with Crippen LogP contribution in [0.3, 0.4) is 0 Å². The lowest BCUT2D eigenvalue weighted by Crippen LogP contribution is -2.49. The molecule has 5 rings (SSSR count). The zero-order chi connectivity index (χ0) is 30.9. The van der Waals surface area contributed by atoms with Gasteiger partial charge in [-0.15, -0.1) is 5.10 Å². The number of nitrogens with two attached hydrogens (primary N) is 1. The molecule has 2 aliphatic rings. The van der Waals surface area contributed by atoms with Crippen molar-refractivity contribution in [3.8, 4) is 5.69 Å². The van der Waals surface area contributed by atoms with Crippen LogP contribution in [0.25, 0.3) is 5.69 Å². The van der Waals surface area contributed by atoms with Crippen LogP contribution >= 0.6 is 0 Å². The molecule has 2 fully saturated rings. The number of anilines is 5. The van der Waals surface area contributed by atoms with Crippen molar-refractivity contribution in [2.24, 2.45) is 0 Å². The molecule has 14 heteroatoms. The summed E-state index contributed by atoms with van der Waals surface area (Å²) in [5, 5.41) is 7.83. The molecule has 3 N–H and O–H groups in total. The van der Waals surface area contributed by atoms with Crippen molar-refractivity contribution in [2.45, 2.75) is 33.1 Å². The number of hydrogen-bond acceptors (Lipinski definition) is 11. The molecule has 0 unspecified atom stereocenters. The maximum absolute atomic E-state index is 12.3. The van der Waals surface area contributed by atoms with Gasteiger partial charge in [0.25, 0.3) is 0 Å². The zero-order valence-corrected chi connectivity index (χ0v) is 25.5. The number of hydrogen-bond donors (Lipinski definition) is 2. The number of carbonyl (C=O) groups excluding carboxylic acids is 2. The highest BCUT2D eigenvalue weighted by Gasteiger charge is 2.23. The number of nitrogen functional groups attached to an aromatic ring is 1. The molecule has 0 bridgehead atoms. The summed E-state index contributed by atoms with van der Waals surface area (Å²) in [5.74, 6) is 1.41. The van der Waals surface area contributed by atoms with Gasteiger partial charge in [-0.1, -0.05) is 13.8 Å². The van der Waals surface area contributed by atoms with Crippen molar-refractivity contribution in [3.05, 3.63) is 42.6 Å². The molecular formula is C30H42N10O4. The van der Waals surface area contributed by atoms with Gasteiger partial charge in [0.1, 0.15) is 5.82 Å². The first-order valence-electron chi connectivity index (χ1n) is 15.3. The molecule has 2 saturated heterocycles. The van der Waals surface area contributed by atoms with Crippen molar-refractivity contribution < 1.29 is 19.1 Å². The summed E-state index contributed by atoms with van der Waals surface area (Å²) < 4.78 is 12.2. The lowest BCUT2D eigenvalue weighted by atomic mass is 10.2. The summed E-state index contributed by atoms with van der Waals surface area (Å²) >= 11 is 0. The number of nitrogens with one attached hydrogen (secondary N) is 1. The summed E-state index contributed by atoms with van der Waals surface area (Å²) in [4.78, 5) is 41.4. The van der Waals surface area contributed by atoms with Crippen molar-refractivity contribution in [1.82, 2.24) is 29.5 Å². The van der Waals surface area contributed by atoms with Gasteiger partial charge in [0.15, 0.2) is 0 Å². The van der Waals surface area contributed by atoms with E-state index in [4.69, 9.17) is 15.2 Å². The Labute approximate surface area is 257 Å². The minimum Gasteiger partial charge on any atom is -0.449 e. The predicted octanol–water partition coefficient (Wildman–Crippen LogP) is 3.72. The first-order chi connectivity index (χ1) is 21.4. The number of benzene rings is 1. The van der Waals surface area contributed by atoms with Crippen LogP contribution in [-0.2, 0) is 9.47 Å². The van der Waals surface area contributed by atoms with Crippen LogP contribution in [0.2, 0.25) is 0 Å². The van der Waals surface area contributed by atoms with E-state index in [1.807, 2.05) is 50.2 Å². The fraction of sp³-hybridized carbons (Fsp3) is 0.500. The molecule has 4 heterocycles. The van der Waals surface area contributed by atoms with Gasteiger partial charge in [-0.3, -0.25) is 0 Å². The Morgan fingerprint density at radius 3 is 2.11 bits per heavy atom. The summed E-state index contributed by atoms with van der Waals surface area (Å²) in [7, 11) is 0. The molecule has 0 radical (unpaired) electrons. The third-order valence-electron chi connectivity index (χ3n) is 7.57. The summed E-state index contributed by atoms with van der Waals surface area (Å²) in [5.41, 5.74) is 8.91. The number of aromatic nitrogens is 4. The van der Waals surface area contributed by atoms with Gasteiger partial charge in [-0.25, -0.2) is 14.6 Å². The normalized spacial score (nSPS) is 15.6. The van der Waals surface area contributed by atoms with Gasteiger partial charge >= 0.3 is 12.2 Å². The van der Waals surface area contributed by atoms with Crippen LogP contribution in [0, 0.1) is 0 Å². The topological polar surface area (TPSA) is 147 Å². The highest BCUT2D eigenvalue weighted by molar-refractivity contribution is 5.69. The molecule has 14 nitrogen and oxygen atoms in total. The molecule has 0 aliphatic carbocycles. The Bertz CT molecular complexity index is 1390. The van der Waals surface area contributed by atoms with Crippen LogP contribution in [0.5, 0.6) is 0 Å². The molecule has 1 aromatic carbocycles. The Morgan fingerprint density at radius 1 is 0.818 bits per heavy atom. The minimum absolute atomic E-state index is 0.236. The Morgan fingerprint density at radius 2 is 1.45 bits per heavy atom. The first-order valence-corrected chi connectivity index (χ1v) is 15.3. The number of ether oxygens (including phenoxy) is 2. The first kappa shape index (κ1) is 30.7. The van der Waals surface area contributed by atoms with Crippen molar-refractivity contribution in [3.63, 3.8) is 0 Å². The fourth-order valence-corrected chi connectivity index (χ4v) is 5.20. The largest absolute Gasteiger partial charge is 0.449 e. The van der Waals surface area contributed by atoms with E-state index in [1.165, 1.54) is 0 Å².